The summed E-state index contributed by atoms with van der Waals surface area (Å²) in [6.07, 6.45) is 3.32. The van der Waals surface area contributed by atoms with Gasteiger partial charge in [-0.2, -0.15) is 10.5 Å². The quantitative estimate of drug-likeness (QED) is 0.836. The van der Waals surface area contributed by atoms with Crippen LogP contribution in [0.1, 0.15) is 37.3 Å². The molecule has 0 radical (unpaired) electrons. The Balaban J connectivity index is 1.71. The van der Waals surface area contributed by atoms with Gasteiger partial charge in [-0.3, -0.25) is 4.90 Å². The van der Waals surface area contributed by atoms with Crippen LogP contribution in [0.15, 0.2) is 18.2 Å². The van der Waals surface area contributed by atoms with Gasteiger partial charge in [0.05, 0.1) is 18.1 Å². The zero-order valence-corrected chi connectivity index (χ0v) is 13.2. The second kappa shape index (κ2) is 7.35. The van der Waals surface area contributed by atoms with Crippen LogP contribution in [0.5, 0.6) is 11.5 Å². The number of rotatable bonds is 5. The summed E-state index contributed by atoms with van der Waals surface area (Å²) in [5, 5.41) is 18.0. The van der Waals surface area contributed by atoms with E-state index in [9.17, 15) is 5.26 Å². The fraction of sp³-hybridized carbons (Fsp3) is 0.556. The minimum atomic E-state index is -0.0764. The number of fused-ring (bicyclic) bond motifs is 1. The second-order valence-electron chi connectivity index (χ2n) is 6.08. The van der Waals surface area contributed by atoms with Gasteiger partial charge in [0.2, 0.25) is 0 Å². The molecule has 0 bridgehead atoms. The van der Waals surface area contributed by atoms with Gasteiger partial charge in [0.15, 0.2) is 11.5 Å². The Morgan fingerprint density at radius 1 is 1.22 bits per heavy atom. The van der Waals surface area contributed by atoms with E-state index in [0.29, 0.717) is 32.1 Å². The normalized spacial score (nSPS) is 21.4. The highest BCUT2D eigenvalue weighted by atomic mass is 16.6. The molecule has 23 heavy (non-hydrogen) atoms. The Bertz CT molecular complexity index is 632. The molecule has 1 fully saturated rings. The van der Waals surface area contributed by atoms with Crippen molar-refractivity contribution in [1.29, 1.82) is 10.5 Å². The second-order valence-corrected chi connectivity index (χ2v) is 6.08. The molecule has 0 amide bonds. The lowest BCUT2D eigenvalue weighted by Gasteiger charge is -2.27. The third-order valence-electron chi connectivity index (χ3n) is 4.56. The van der Waals surface area contributed by atoms with Crippen LogP contribution >= 0.6 is 0 Å². The predicted octanol–water partition coefficient (Wildman–Crippen LogP) is 3.04. The minimum Gasteiger partial charge on any atom is -0.486 e. The molecule has 5 nitrogen and oxygen atoms in total. The Hall–Kier alpha value is -2.24. The van der Waals surface area contributed by atoms with Crippen molar-refractivity contribution < 1.29 is 9.47 Å². The smallest absolute Gasteiger partial charge is 0.161 e. The van der Waals surface area contributed by atoms with Crippen molar-refractivity contribution in [2.45, 2.75) is 31.7 Å². The molecule has 2 aliphatic heterocycles. The number of benzene rings is 1. The molecule has 2 atom stereocenters. The van der Waals surface area contributed by atoms with Crippen molar-refractivity contribution in [2.24, 2.45) is 5.92 Å². The van der Waals surface area contributed by atoms with E-state index in [0.717, 1.165) is 37.4 Å². The van der Waals surface area contributed by atoms with Crippen molar-refractivity contribution in [3.8, 4) is 23.6 Å². The fourth-order valence-corrected chi connectivity index (χ4v) is 3.41. The Morgan fingerprint density at radius 2 is 2.04 bits per heavy atom. The first kappa shape index (κ1) is 15.6. The zero-order chi connectivity index (χ0) is 16.1. The summed E-state index contributed by atoms with van der Waals surface area (Å²) >= 11 is 0. The molecule has 3 rings (SSSR count). The van der Waals surface area contributed by atoms with E-state index in [1.807, 2.05) is 6.07 Å². The standard InChI is InChI=1S/C18H21N3O2/c19-7-1-3-14(12-20)13-21-8-2-4-16(21)15-5-6-17-18(11-15)23-10-9-22-17/h5-6,11,14,16H,1-4,8-10,13H2/t14-,16-/m0/s1. The van der Waals surface area contributed by atoms with Gasteiger partial charge in [-0.1, -0.05) is 6.07 Å². The van der Waals surface area contributed by atoms with E-state index in [-0.39, 0.29) is 5.92 Å². The van der Waals surface area contributed by atoms with Gasteiger partial charge in [-0.05, 0) is 43.5 Å². The number of nitrogens with zero attached hydrogens (tertiary/aromatic N) is 3. The molecule has 0 N–H and O–H groups in total. The van der Waals surface area contributed by atoms with Crippen LogP contribution in [0.3, 0.4) is 0 Å². The highest BCUT2D eigenvalue weighted by Crippen LogP contribution is 2.38. The van der Waals surface area contributed by atoms with Gasteiger partial charge < -0.3 is 9.47 Å². The third-order valence-corrected chi connectivity index (χ3v) is 4.56. The fourth-order valence-electron chi connectivity index (χ4n) is 3.41. The number of ether oxygens (including phenoxy) is 2. The van der Waals surface area contributed by atoms with Gasteiger partial charge in [0.25, 0.3) is 0 Å². The molecule has 120 valence electrons. The predicted molar refractivity (Wildman–Crippen MR) is 84.9 cm³/mol. The van der Waals surface area contributed by atoms with Crippen LogP contribution in [-0.2, 0) is 0 Å². The van der Waals surface area contributed by atoms with Gasteiger partial charge in [0.1, 0.15) is 13.2 Å². The van der Waals surface area contributed by atoms with Crippen molar-refractivity contribution in [3.05, 3.63) is 23.8 Å². The number of nitriles is 2. The first-order valence-electron chi connectivity index (χ1n) is 8.22. The maximum Gasteiger partial charge on any atom is 0.161 e. The van der Waals surface area contributed by atoms with Gasteiger partial charge in [-0.15, -0.1) is 0 Å². The zero-order valence-electron chi connectivity index (χ0n) is 13.2. The monoisotopic (exact) mass is 311 g/mol. The van der Waals surface area contributed by atoms with Crippen LogP contribution in [0, 0.1) is 28.6 Å². The summed E-state index contributed by atoms with van der Waals surface area (Å²) in [6, 6.07) is 11.0. The van der Waals surface area contributed by atoms with E-state index in [1.54, 1.807) is 0 Å². The van der Waals surface area contributed by atoms with E-state index < -0.39 is 0 Å². The third kappa shape index (κ3) is 3.57. The summed E-state index contributed by atoms with van der Waals surface area (Å²) < 4.78 is 11.3. The number of hydrogen-bond donors (Lipinski definition) is 0. The van der Waals surface area contributed by atoms with Crippen molar-refractivity contribution in [3.63, 3.8) is 0 Å². The molecule has 1 aromatic rings. The molecule has 1 saturated heterocycles. The van der Waals surface area contributed by atoms with E-state index in [1.165, 1.54) is 5.56 Å². The molecule has 2 aliphatic rings. The summed E-state index contributed by atoms with van der Waals surface area (Å²) in [5.74, 6) is 1.56. The number of likely N-dealkylation sites (tertiary alicyclic amines) is 1. The molecule has 0 aromatic heterocycles. The lowest BCUT2D eigenvalue weighted by Crippen LogP contribution is -2.29. The molecule has 1 aromatic carbocycles. The van der Waals surface area contributed by atoms with Crippen LogP contribution < -0.4 is 9.47 Å². The molecule has 5 heteroatoms. The van der Waals surface area contributed by atoms with Gasteiger partial charge in [0, 0.05) is 19.0 Å². The first-order chi connectivity index (χ1) is 11.3. The van der Waals surface area contributed by atoms with Crippen LogP contribution in [0.4, 0.5) is 0 Å². The van der Waals surface area contributed by atoms with Crippen LogP contribution in [-0.4, -0.2) is 31.2 Å². The molecule has 2 heterocycles. The van der Waals surface area contributed by atoms with E-state index >= 15 is 0 Å². The Morgan fingerprint density at radius 3 is 2.83 bits per heavy atom. The summed E-state index contributed by atoms with van der Waals surface area (Å²) in [5.41, 5.74) is 1.23. The molecular formula is C18H21N3O2. The highest BCUT2D eigenvalue weighted by Gasteiger charge is 2.29. The van der Waals surface area contributed by atoms with E-state index in [2.05, 4.69) is 29.2 Å². The van der Waals surface area contributed by atoms with Crippen molar-refractivity contribution in [2.75, 3.05) is 26.3 Å². The van der Waals surface area contributed by atoms with Gasteiger partial charge in [-0.25, -0.2) is 0 Å². The maximum absolute atomic E-state index is 9.31. The molecule has 0 aliphatic carbocycles. The lowest BCUT2D eigenvalue weighted by molar-refractivity contribution is 0.170. The largest absolute Gasteiger partial charge is 0.486 e. The summed E-state index contributed by atoms with van der Waals surface area (Å²) in [4.78, 5) is 2.37. The van der Waals surface area contributed by atoms with Gasteiger partial charge >= 0.3 is 0 Å². The molecule has 0 spiro atoms. The maximum atomic E-state index is 9.31. The number of hydrogen-bond acceptors (Lipinski definition) is 5. The minimum absolute atomic E-state index is 0.0764. The molecule has 0 saturated carbocycles. The summed E-state index contributed by atoms with van der Waals surface area (Å²) in [6.45, 7) is 2.93. The Labute approximate surface area is 137 Å². The van der Waals surface area contributed by atoms with Crippen molar-refractivity contribution >= 4 is 0 Å². The average Bonchev–Trinajstić information content (AvgIpc) is 3.06. The Kier molecular flexibility index (Phi) is 5.00. The van der Waals surface area contributed by atoms with E-state index in [4.69, 9.17) is 14.7 Å². The highest BCUT2D eigenvalue weighted by molar-refractivity contribution is 5.44. The van der Waals surface area contributed by atoms with Crippen molar-refractivity contribution in [1.82, 2.24) is 4.90 Å². The summed E-state index contributed by atoms with van der Waals surface area (Å²) in [7, 11) is 0. The lowest BCUT2D eigenvalue weighted by atomic mass is 10.0. The topological polar surface area (TPSA) is 69.3 Å². The SMILES string of the molecule is N#CCC[C@@H](C#N)CN1CCC[C@H]1c1ccc2c(c1)OCCO2. The molecule has 0 unspecified atom stereocenters. The van der Waals surface area contributed by atoms with Crippen LogP contribution in [0.25, 0.3) is 0 Å². The first-order valence-corrected chi connectivity index (χ1v) is 8.22. The molecular weight excluding hydrogens is 290 g/mol. The van der Waals surface area contributed by atoms with Crippen LogP contribution in [0.2, 0.25) is 0 Å². The average molecular weight is 311 g/mol.